The van der Waals surface area contributed by atoms with Crippen LogP contribution in [0.4, 0.5) is 11.6 Å². The van der Waals surface area contributed by atoms with E-state index in [2.05, 4.69) is 11.1 Å². The molecule has 19 heavy (non-hydrogen) atoms. The second kappa shape index (κ2) is 5.25. The number of nitrogens with two attached hydrogens (primary N) is 1. The number of rotatable bonds is 2. The smallest absolute Gasteiger partial charge is 0.240 e. The molecule has 3 N–H and O–H groups in total. The minimum absolute atomic E-state index is 0.00546. The molecule has 1 fully saturated rings. The topological polar surface area (TPSA) is 115 Å². The summed E-state index contributed by atoms with van der Waals surface area (Å²) in [7, 11) is 0. The highest BCUT2D eigenvalue weighted by Gasteiger charge is 2.27. The first-order valence-electron chi connectivity index (χ1n) is 6.02. The Morgan fingerprint density at radius 3 is 2.26 bits per heavy atom. The molecular formula is C13H13N6+. The highest BCUT2D eigenvalue weighted by Crippen LogP contribution is 2.26. The zero-order valence-corrected chi connectivity index (χ0v) is 10.4. The first-order valence-corrected chi connectivity index (χ1v) is 6.02. The number of hydrogen-bond donors (Lipinski definition) is 1. The van der Waals surface area contributed by atoms with Crippen molar-refractivity contribution in [1.29, 1.82) is 15.8 Å². The summed E-state index contributed by atoms with van der Waals surface area (Å²) in [5.74, 6) is 0.843. The van der Waals surface area contributed by atoms with E-state index in [0.29, 0.717) is 16.9 Å². The molecule has 2 rings (SSSR count). The summed E-state index contributed by atoms with van der Waals surface area (Å²) in [4.78, 5) is 4.98. The highest BCUT2D eigenvalue weighted by atomic mass is 15.2. The van der Waals surface area contributed by atoms with Gasteiger partial charge in [0.2, 0.25) is 11.6 Å². The van der Waals surface area contributed by atoms with Gasteiger partial charge in [0, 0.05) is 5.56 Å². The zero-order valence-electron chi connectivity index (χ0n) is 10.4. The fourth-order valence-corrected chi connectivity index (χ4v) is 2.36. The van der Waals surface area contributed by atoms with Gasteiger partial charge in [0.15, 0.2) is 0 Å². The fraction of sp³-hybridized carbons (Fsp3) is 0.385. The van der Waals surface area contributed by atoms with Crippen LogP contribution in [0.1, 0.15) is 29.5 Å². The third kappa shape index (κ3) is 2.14. The summed E-state index contributed by atoms with van der Waals surface area (Å²) in [6, 6.07) is 6.05. The molecule has 1 aliphatic heterocycles. The number of hydrogen-bond acceptors (Lipinski definition) is 5. The third-order valence-corrected chi connectivity index (χ3v) is 3.26. The summed E-state index contributed by atoms with van der Waals surface area (Å²) in [6.45, 7) is 1.70. The van der Waals surface area contributed by atoms with Crippen molar-refractivity contribution >= 4 is 11.6 Å². The SMILES string of the molecule is N#CCc1c(C#N)c(N)[nH+]c(N2CCCC2)c1C#N. The van der Waals surface area contributed by atoms with Gasteiger partial charge < -0.3 is 5.73 Å². The maximum absolute atomic E-state index is 9.34. The normalized spacial score (nSPS) is 13.6. The minimum Gasteiger partial charge on any atom is -0.318 e. The Morgan fingerprint density at radius 1 is 1.11 bits per heavy atom. The average Bonchev–Trinajstić information content (AvgIpc) is 2.92. The molecule has 1 saturated heterocycles. The number of nitriles is 3. The van der Waals surface area contributed by atoms with Crippen molar-refractivity contribution in [2.45, 2.75) is 19.3 Å². The molecule has 1 aliphatic rings. The molecule has 94 valence electrons. The Morgan fingerprint density at radius 2 is 1.74 bits per heavy atom. The zero-order chi connectivity index (χ0) is 13.8. The van der Waals surface area contributed by atoms with E-state index in [0.717, 1.165) is 25.9 Å². The molecule has 0 unspecified atom stereocenters. The Bertz CT molecular complexity index is 622. The molecule has 0 saturated carbocycles. The predicted molar refractivity (Wildman–Crippen MR) is 67.6 cm³/mol. The average molecular weight is 253 g/mol. The molecule has 0 aromatic carbocycles. The highest BCUT2D eigenvalue weighted by molar-refractivity contribution is 5.64. The molecule has 0 spiro atoms. The maximum Gasteiger partial charge on any atom is 0.240 e. The molecule has 0 aliphatic carbocycles. The lowest BCUT2D eigenvalue weighted by molar-refractivity contribution is -0.346. The molecule has 1 aromatic heterocycles. The third-order valence-electron chi connectivity index (χ3n) is 3.26. The number of pyridine rings is 1. The van der Waals surface area contributed by atoms with Crippen LogP contribution in [-0.4, -0.2) is 13.1 Å². The minimum atomic E-state index is 0.00546. The van der Waals surface area contributed by atoms with E-state index < -0.39 is 0 Å². The van der Waals surface area contributed by atoms with Gasteiger partial charge >= 0.3 is 0 Å². The van der Waals surface area contributed by atoms with Gasteiger partial charge in [-0.3, -0.25) is 4.90 Å². The second-order valence-corrected chi connectivity index (χ2v) is 4.37. The summed E-state index contributed by atoms with van der Waals surface area (Å²) < 4.78 is 0. The Hall–Kier alpha value is -2.78. The van der Waals surface area contributed by atoms with Gasteiger partial charge in [-0.1, -0.05) is 0 Å². The number of aromatic amines is 1. The van der Waals surface area contributed by atoms with Crippen LogP contribution < -0.4 is 15.6 Å². The lowest BCUT2D eigenvalue weighted by Crippen LogP contribution is -2.30. The molecule has 0 atom stereocenters. The van der Waals surface area contributed by atoms with Gasteiger partial charge in [0.1, 0.15) is 23.3 Å². The quantitative estimate of drug-likeness (QED) is 0.823. The van der Waals surface area contributed by atoms with Crippen molar-refractivity contribution < 1.29 is 4.98 Å². The van der Waals surface area contributed by atoms with E-state index in [1.165, 1.54) is 0 Å². The van der Waals surface area contributed by atoms with Crippen LogP contribution in [-0.2, 0) is 6.42 Å². The molecule has 2 heterocycles. The van der Waals surface area contributed by atoms with Crippen LogP contribution in [0.25, 0.3) is 0 Å². The van der Waals surface area contributed by atoms with Gasteiger partial charge in [-0.05, 0) is 12.8 Å². The van der Waals surface area contributed by atoms with Crippen molar-refractivity contribution in [3.8, 4) is 18.2 Å². The van der Waals surface area contributed by atoms with Crippen molar-refractivity contribution in [3.05, 3.63) is 16.7 Å². The maximum atomic E-state index is 9.34. The van der Waals surface area contributed by atoms with E-state index >= 15 is 0 Å². The first-order chi connectivity index (χ1) is 9.22. The van der Waals surface area contributed by atoms with Crippen LogP contribution in [0.5, 0.6) is 0 Å². The number of anilines is 2. The van der Waals surface area contributed by atoms with Crippen molar-refractivity contribution in [3.63, 3.8) is 0 Å². The van der Waals surface area contributed by atoms with Crippen LogP contribution in [0.2, 0.25) is 0 Å². The van der Waals surface area contributed by atoms with E-state index in [-0.39, 0.29) is 17.8 Å². The molecular weight excluding hydrogens is 240 g/mol. The number of nitrogen functional groups attached to an aromatic ring is 1. The number of nitrogens with one attached hydrogen (secondary N) is 1. The molecule has 1 aromatic rings. The van der Waals surface area contributed by atoms with Gasteiger partial charge in [-0.25, -0.2) is 4.98 Å². The lowest BCUT2D eigenvalue weighted by atomic mass is 10.0. The van der Waals surface area contributed by atoms with E-state index in [1.807, 2.05) is 17.0 Å². The Labute approximate surface area is 111 Å². The van der Waals surface area contributed by atoms with Gasteiger partial charge in [-0.15, -0.1) is 0 Å². The fourth-order valence-electron chi connectivity index (χ4n) is 2.36. The molecule has 0 bridgehead atoms. The number of aromatic nitrogens is 1. The van der Waals surface area contributed by atoms with Gasteiger partial charge in [0.05, 0.1) is 25.6 Å². The van der Waals surface area contributed by atoms with Crippen LogP contribution in [0, 0.1) is 34.0 Å². The van der Waals surface area contributed by atoms with Crippen molar-refractivity contribution in [1.82, 2.24) is 0 Å². The van der Waals surface area contributed by atoms with Crippen LogP contribution >= 0.6 is 0 Å². The summed E-state index contributed by atoms with van der Waals surface area (Å²) >= 11 is 0. The Balaban J connectivity index is 2.66. The largest absolute Gasteiger partial charge is 0.318 e. The van der Waals surface area contributed by atoms with Crippen LogP contribution in [0.15, 0.2) is 0 Å². The predicted octanol–water partition coefficient (Wildman–Crippen LogP) is 0.493. The van der Waals surface area contributed by atoms with Crippen molar-refractivity contribution in [2.75, 3.05) is 23.7 Å². The first kappa shape index (κ1) is 12.7. The molecule has 0 amide bonds. The summed E-state index contributed by atoms with van der Waals surface area (Å²) in [5.41, 5.74) is 6.80. The summed E-state index contributed by atoms with van der Waals surface area (Å²) in [5, 5.41) is 27.3. The van der Waals surface area contributed by atoms with Crippen LogP contribution in [0.3, 0.4) is 0 Å². The summed E-state index contributed by atoms with van der Waals surface area (Å²) in [6.07, 6.45) is 2.13. The standard InChI is InChI=1S/C13H12N6/c14-4-3-9-10(7-15)12(17)18-13(11(9)8-16)19-5-1-2-6-19/h1-3,5-6H2,(H2,17,18)/p+1. The monoisotopic (exact) mass is 253 g/mol. The lowest BCUT2D eigenvalue weighted by Gasteiger charge is -2.15. The molecule has 6 nitrogen and oxygen atoms in total. The van der Waals surface area contributed by atoms with E-state index in [1.54, 1.807) is 0 Å². The van der Waals surface area contributed by atoms with E-state index in [9.17, 15) is 5.26 Å². The molecule has 6 heteroatoms. The van der Waals surface area contributed by atoms with Crippen molar-refractivity contribution in [2.24, 2.45) is 0 Å². The van der Waals surface area contributed by atoms with Gasteiger partial charge in [-0.2, -0.15) is 15.8 Å². The Kier molecular flexibility index (Phi) is 3.50. The van der Waals surface area contributed by atoms with Gasteiger partial charge in [0.25, 0.3) is 0 Å². The molecule has 0 radical (unpaired) electrons. The number of nitrogens with zero attached hydrogens (tertiary/aromatic N) is 4. The van der Waals surface area contributed by atoms with E-state index in [4.69, 9.17) is 16.3 Å². The second-order valence-electron chi connectivity index (χ2n) is 4.37. The number of H-pyrrole nitrogens is 1.